The molecule has 3 aromatic rings. The smallest absolute Gasteiger partial charge is 0.255 e. The second-order valence-electron chi connectivity index (χ2n) is 5.48. The molecular formula is C19H19N3OS. The molecule has 0 saturated heterocycles. The van der Waals surface area contributed by atoms with Crippen LogP contribution in [-0.4, -0.2) is 33.9 Å². The van der Waals surface area contributed by atoms with Gasteiger partial charge in [-0.2, -0.15) is 5.10 Å². The fraction of sp³-hybridized carbons (Fsp3) is 0.158. The Morgan fingerprint density at radius 3 is 2.75 bits per heavy atom. The van der Waals surface area contributed by atoms with Crippen LogP contribution in [0, 0.1) is 0 Å². The van der Waals surface area contributed by atoms with Crippen molar-refractivity contribution >= 4 is 17.7 Å². The number of nitrogens with zero attached hydrogens (tertiary/aromatic N) is 3. The van der Waals surface area contributed by atoms with E-state index in [9.17, 15) is 4.79 Å². The number of carbonyl (C=O) groups is 1. The molecule has 24 heavy (non-hydrogen) atoms. The summed E-state index contributed by atoms with van der Waals surface area (Å²) in [6.07, 6.45) is 5.64. The van der Waals surface area contributed by atoms with Crippen LogP contribution in [0.1, 0.15) is 15.9 Å². The number of benzene rings is 2. The zero-order valence-corrected chi connectivity index (χ0v) is 14.5. The molecule has 122 valence electrons. The zero-order chi connectivity index (χ0) is 16.9. The molecule has 3 rings (SSSR count). The Kier molecular flexibility index (Phi) is 5.01. The minimum absolute atomic E-state index is 0.0319. The Bertz CT molecular complexity index is 830. The molecule has 0 spiro atoms. The van der Waals surface area contributed by atoms with E-state index in [1.165, 1.54) is 0 Å². The highest BCUT2D eigenvalue weighted by molar-refractivity contribution is 7.98. The highest BCUT2D eigenvalue weighted by Gasteiger charge is 2.15. The van der Waals surface area contributed by atoms with Crippen molar-refractivity contribution in [3.63, 3.8) is 0 Å². The molecule has 0 fully saturated rings. The highest BCUT2D eigenvalue weighted by atomic mass is 32.2. The Morgan fingerprint density at radius 2 is 2.00 bits per heavy atom. The molecule has 5 heteroatoms. The lowest BCUT2D eigenvalue weighted by Crippen LogP contribution is -2.26. The van der Waals surface area contributed by atoms with Crippen molar-refractivity contribution in [3.05, 3.63) is 78.1 Å². The average Bonchev–Trinajstić information content (AvgIpc) is 3.16. The lowest BCUT2D eigenvalue weighted by atomic mass is 10.1. The van der Waals surface area contributed by atoms with E-state index < -0.39 is 0 Å². The van der Waals surface area contributed by atoms with Crippen molar-refractivity contribution in [1.29, 1.82) is 0 Å². The molecule has 0 aliphatic rings. The molecule has 2 aromatic carbocycles. The van der Waals surface area contributed by atoms with Crippen molar-refractivity contribution in [1.82, 2.24) is 14.7 Å². The van der Waals surface area contributed by atoms with Gasteiger partial charge in [-0.15, -0.1) is 11.8 Å². The molecule has 0 radical (unpaired) electrons. The van der Waals surface area contributed by atoms with Gasteiger partial charge in [0.2, 0.25) is 0 Å². The van der Waals surface area contributed by atoms with Crippen LogP contribution >= 0.6 is 11.8 Å². The number of amides is 1. The Hall–Kier alpha value is -2.53. The number of hydrogen-bond donors (Lipinski definition) is 0. The van der Waals surface area contributed by atoms with Gasteiger partial charge in [-0.1, -0.05) is 24.3 Å². The van der Waals surface area contributed by atoms with Gasteiger partial charge in [0.25, 0.3) is 5.91 Å². The first kappa shape index (κ1) is 16.3. The van der Waals surface area contributed by atoms with Crippen molar-refractivity contribution in [2.24, 2.45) is 0 Å². The summed E-state index contributed by atoms with van der Waals surface area (Å²) in [6, 6.07) is 17.7. The quantitative estimate of drug-likeness (QED) is 0.664. The lowest BCUT2D eigenvalue weighted by Gasteiger charge is -2.19. The van der Waals surface area contributed by atoms with E-state index in [1.807, 2.05) is 72.7 Å². The minimum atomic E-state index is 0.0319. The van der Waals surface area contributed by atoms with Gasteiger partial charge < -0.3 is 4.90 Å². The summed E-state index contributed by atoms with van der Waals surface area (Å²) >= 11 is 1.59. The third kappa shape index (κ3) is 3.51. The van der Waals surface area contributed by atoms with Crippen LogP contribution in [0.4, 0.5) is 0 Å². The summed E-state index contributed by atoms with van der Waals surface area (Å²) in [5.74, 6) is 0.0319. The summed E-state index contributed by atoms with van der Waals surface area (Å²) < 4.78 is 1.81. The number of thioether (sulfide) groups is 1. The first-order valence-corrected chi connectivity index (χ1v) is 8.89. The van der Waals surface area contributed by atoms with Crippen LogP contribution in [0.15, 0.2) is 71.9 Å². The van der Waals surface area contributed by atoms with Crippen molar-refractivity contribution in [2.75, 3.05) is 13.3 Å². The van der Waals surface area contributed by atoms with Gasteiger partial charge in [-0.25, -0.2) is 4.68 Å². The van der Waals surface area contributed by atoms with Gasteiger partial charge >= 0.3 is 0 Å². The van der Waals surface area contributed by atoms with Crippen LogP contribution in [0.2, 0.25) is 0 Å². The predicted molar refractivity (Wildman–Crippen MR) is 97.6 cm³/mol. The van der Waals surface area contributed by atoms with E-state index in [1.54, 1.807) is 22.9 Å². The molecule has 1 heterocycles. The molecule has 0 saturated carbocycles. The molecule has 1 aromatic heterocycles. The van der Waals surface area contributed by atoms with Crippen molar-refractivity contribution in [2.45, 2.75) is 11.4 Å². The largest absolute Gasteiger partial charge is 0.337 e. The van der Waals surface area contributed by atoms with Crippen molar-refractivity contribution in [3.8, 4) is 5.69 Å². The monoisotopic (exact) mass is 337 g/mol. The maximum Gasteiger partial charge on any atom is 0.255 e. The first-order valence-electron chi connectivity index (χ1n) is 7.66. The lowest BCUT2D eigenvalue weighted by molar-refractivity contribution is 0.0781. The topological polar surface area (TPSA) is 38.1 Å². The van der Waals surface area contributed by atoms with Crippen LogP contribution in [0.3, 0.4) is 0 Å². The standard InChI is InChI=1S/C19H19N3OS/c1-21(19(23)17-9-3-4-10-18(17)24-2)14-15-7-5-8-16(13-15)22-12-6-11-20-22/h3-13H,14H2,1-2H3. The number of aromatic nitrogens is 2. The second kappa shape index (κ2) is 7.36. The molecule has 0 aliphatic carbocycles. The van der Waals surface area contributed by atoms with Gasteiger partial charge in [0.15, 0.2) is 0 Å². The van der Waals surface area contributed by atoms with Gasteiger partial charge in [-0.05, 0) is 42.2 Å². The third-order valence-corrected chi connectivity index (χ3v) is 4.58. The Morgan fingerprint density at radius 1 is 1.17 bits per heavy atom. The molecule has 0 aliphatic heterocycles. The summed E-state index contributed by atoms with van der Waals surface area (Å²) in [6.45, 7) is 0.552. The van der Waals surface area contributed by atoms with Crippen LogP contribution in [0.5, 0.6) is 0 Å². The van der Waals surface area contributed by atoms with E-state index in [0.29, 0.717) is 6.54 Å². The van der Waals surface area contributed by atoms with E-state index in [2.05, 4.69) is 11.2 Å². The molecule has 4 nitrogen and oxygen atoms in total. The summed E-state index contributed by atoms with van der Waals surface area (Å²) in [5.41, 5.74) is 2.80. The number of rotatable bonds is 5. The fourth-order valence-electron chi connectivity index (χ4n) is 2.59. The average molecular weight is 337 g/mol. The predicted octanol–water partition coefficient (Wildman–Crippen LogP) is 3.87. The molecule has 0 N–H and O–H groups in total. The van der Waals surface area contributed by atoms with E-state index >= 15 is 0 Å². The first-order chi connectivity index (χ1) is 11.7. The summed E-state index contributed by atoms with van der Waals surface area (Å²) in [7, 11) is 1.83. The number of hydrogen-bond acceptors (Lipinski definition) is 3. The van der Waals surface area contributed by atoms with E-state index in [4.69, 9.17) is 0 Å². The molecular weight excluding hydrogens is 318 g/mol. The van der Waals surface area contributed by atoms with Gasteiger partial charge in [-0.3, -0.25) is 4.79 Å². The second-order valence-corrected chi connectivity index (χ2v) is 6.33. The zero-order valence-electron chi connectivity index (χ0n) is 13.7. The normalized spacial score (nSPS) is 10.6. The number of carbonyl (C=O) groups excluding carboxylic acids is 1. The fourth-order valence-corrected chi connectivity index (χ4v) is 3.18. The van der Waals surface area contributed by atoms with Gasteiger partial charge in [0.1, 0.15) is 0 Å². The van der Waals surface area contributed by atoms with E-state index in [0.717, 1.165) is 21.7 Å². The maximum atomic E-state index is 12.7. The van der Waals surface area contributed by atoms with E-state index in [-0.39, 0.29) is 5.91 Å². The molecule has 0 atom stereocenters. The summed E-state index contributed by atoms with van der Waals surface area (Å²) in [4.78, 5) is 15.5. The third-order valence-electron chi connectivity index (χ3n) is 3.78. The molecule has 1 amide bonds. The minimum Gasteiger partial charge on any atom is -0.337 e. The molecule has 0 unspecified atom stereocenters. The summed E-state index contributed by atoms with van der Waals surface area (Å²) in [5, 5.41) is 4.25. The highest BCUT2D eigenvalue weighted by Crippen LogP contribution is 2.22. The van der Waals surface area contributed by atoms with Gasteiger partial charge in [0, 0.05) is 30.9 Å². The van der Waals surface area contributed by atoms with Crippen molar-refractivity contribution < 1.29 is 4.79 Å². The van der Waals surface area contributed by atoms with Crippen LogP contribution < -0.4 is 0 Å². The SMILES string of the molecule is CSc1ccccc1C(=O)N(C)Cc1cccc(-n2cccn2)c1. The Balaban J connectivity index is 1.78. The maximum absolute atomic E-state index is 12.7. The van der Waals surface area contributed by atoms with Crippen LogP contribution in [0.25, 0.3) is 5.69 Å². The molecule has 0 bridgehead atoms. The Labute approximate surface area is 146 Å². The van der Waals surface area contributed by atoms with Crippen LogP contribution in [-0.2, 0) is 6.54 Å². The van der Waals surface area contributed by atoms with Gasteiger partial charge in [0.05, 0.1) is 11.3 Å².